The second kappa shape index (κ2) is 6.91. The molecule has 6 aliphatic rings. The van der Waals surface area contributed by atoms with Crippen LogP contribution in [0.25, 0.3) is 0 Å². The molecule has 12 atom stereocenters. The number of aliphatic hydroxyl groups is 3. The lowest BCUT2D eigenvalue weighted by Gasteiger charge is -2.49. The summed E-state index contributed by atoms with van der Waals surface area (Å²) in [5.41, 5.74) is -6.62. The van der Waals surface area contributed by atoms with E-state index in [1.165, 1.54) is 6.92 Å². The molecule has 0 radical (unpaired) electrons. The molecule has 1 aromatic carbocycles. The molecule has 0 aromatic heterocycles. The topological polar surface area (TPSA) is 141 Å². The Hall–Kier alpha value is -2.08. The number of rotatable bonds is 3. The van der Waals surface area contributed by atoms with Crippen molar-refractivity contribution in [3.05, 3.63) is 35.9 Å². The highest BCUT2D eigenvalue weighted by atomic mass is 16.8. The van der Waals surface area contributed by atoms with Gasteiger partial charge in [0.05, 0.1) is 29.5 Å². The molecule has 10 heteroatoms. The summed E-state index contributed by atoms with van der Waals surface area (Å²) in [6, 6.07) is 9.37. The Kier molecular flexibility index (Phi) is 4.48. The van der Waals surface area contributed by atoms with Crippen LogP contribution in [-0.2, 0) is 39.9 Å². The van der Waals surface area contributed by atoms with Crippen LogP contribution in [-0.4, -0.2) is 75.5 Å². The highest BCUT2D eigenvalue weighted by Gasteiger charge is 3.02. The number of fused-ring (bicyclic) bond motifs is 1. The lowest BCUT2D eigenvalue weighted by Crippen LogP contribution is -2.68. The molecule has 2 aliphatic carbocycles. The third-order valence-corrected chi connectivity index (χ3v) is 10.4. The van der Waals surface area contributed by atoms with E-state index < -0.39 is 82.3 Å². The summed E-state index contributed by atoms with van der Waals surface area (Å²) in [5.74, 6) is -2.82. The first-order chi connectivity index (χ1) is 17.4. The number of hydrogen-bond acceptors (Lipinski definition) is 10. The van der Waals surface area contributed by atoms with E-state index in [9.17, 15) is 24.9 Å². The molecule has 2 saturated carbocycles. The molecule has 6 fully saturated rings. The molecule has 0 amide bonds. The van der Waals surface area contributed by atoms with E-state index in [0.717, 1.165) is 5.56 Å². The van der Waals surface area contributed by atoms with Gasteiger partial charge in [0.2, 0.25) is 6.29 Å². The van der Waals surface area contributed by atoms with Gasteiger partial charge in [0.15, 0.2) is 29.7 Å². The largest absolute Gasteiger partial charge is 0.456 e. The van der Waals surface area contributed by atoms with Crippen molar-refractivity contribution in [1.82, 2.24) is 0 Å². The summed E-state index contributed by atoms with van der Waals surface area (Å²) in [7, 11) is 0. The van der Waals surface area contributed by atoms with Crippen molar-refractivity contribution in [2.75, 3.05) is 0 Å². The number of carbonyl (C=O) groups excluding carboxylic acids is 2. The van der Waals surface area contributed by atoms with Gasteiger partial charge in [-0.15, -0.1) is 0 Å². The summed E-state index contributed by atoms with van der Waals surface area (Å²) in [5, 5.41) is 35.8. The highest BCUT2D eigenvalue weighted by molar-refractivity contribution is 5.82. The minimum absolute atomic E-state index is 0.0955. The van der Waals surface area contributed by atoms with Crippen molar-refractivity contribution in [3.63, 3.8) is 0 Å². The standard InChI is InChI=1S/C27H32O10/c1-12-19(29)35-17-16(28)25-15-10-14(23(2,3)4)24(25)18(33-11-13-8-6-5-7-9-13)20(30)36-22(24)37-27(25,21(31)34-15)26(12,17)32/h5-9,12,14-18,21-22,28,31-32H,10-11H2,1-4H3/t12-,14?,15?,16+,17?,18+,21?,22?,24?,25?,26-,27?/m1/s1. The smallest absolute Gasteiger partial charge is 0.338 e. The van der Waals surface area contributed by atoms with Crippen molar-refractivity contribution < 1.29 is 48.6 Å². The molecule has 10 nitrogen and oxygen atoms in total. The number of carbonyl (C=O) groups is 2. The summed E-state index contributed by atoms with van der Waals surface area (Å²) in [4.78, 5) is 26.2. The van der Waals surface area contributed by atoms with Crippen molar-refractivity contribution in [1.29, 1.82) is 0 Å². The Labute approximate surface area is 213 Å². The Morgan fingerprint density at radius 2 is 1.78 bits per heavy atom. The molecule has 8 unspecified atom stereocenters. The fourth-order valence-corrected chi connectivity index (χ4v) is 9.27. The predicted molar refractivity (Wildman–Crippen MR) is 122 cm³/mol. The third kappa shape index (κ3) is 2.21. The van der Waals surface area contributed by atoms with Gasteiger partial charge in [-0.1, -0.05) is 51.1 Å². The van der Waals surface area contributed by atoms with Crippen molar-refractivity contribution in [2.45, 2.75) is 88.9 Å². The minimum atomic E-state index is -2.13. The first kappa shape index (κ1) is 24.0. The monoisotopic (exact) mass is 516 g/mol. The maximum absolute atomic E-state index is 13.5. The highest BCUT2D eigenvalue weighted by Crippen LogP contribution is 2.85. The lowest BCUT2D eigenvalue weighted by atomic mass is 9.50. The van der Waals surface area contributed by atoms with E-state index in [0.29, 0.717) is 6.42 Å². The number of hydrogen-bond donors (Lipinski definition) is 3. The number of aliphatic hydroxyl groups excluding tert-OH is 2. The van der Waals surface area contributed by atoms with Gasteiger partial charge in [0, 0.05) is 0 Å². The molecule has 4 aliphatic heterocycles. The zero-order valence-corrected chi connectivity index (χ0v) is 21.1. The Morgan fingerprint density at radius 1 is 1.08 bits per heavy atom. The Bertz CT molecular complexity index is 1180. The van der Waals surface area contributed by atoms with Crippen LogP contribution < -0.4 is 0 Å². The number of ether oxygens (including phenoxy) is 5. The van der Waals surface area contributed by atoms with E-state index in [4.69, 9.17) is 23.7 Å². The zero-order valence-electron chi connectivity index (χ0n) is 21.1. The zero-order chi connectivity index (χ0) is 26.3. The average Bonchev–Trinajstić information content (AvgIpc) is 3.55. The van der Waals surface area contributed by atoms with Crippen LogP contribution in [0.15, 0.2) is 30.3 Å². The van der Waals surface area contributed by atoms with Crippen LogP contribution in [0, 0.1) is 28.1 Å². The SMILES string of the molecule is C[C@@H]1C(=O)OC2[C@H](O)C34C5CC(C(C)(C)C)C36C(OC(=O)[C@@H]6OCc3ccccc3)OC4(C(O)O5)[C@]21O. The van der Waals surface area contributed by atoms with Crippen LogP contribution in [0.5, 0.6) is 0 Å². The lowest BCUT2D eigenvalue weighted by molar-refractivity contribution is -0.293. The van der Waals surface area contributed by atoms with Gasteiger partial charge in [-0.2, -0.15) is 0 Å². The van der Waals surface area contributed by atoms with Crippen LogP contribution in [0.2, 0.25) is 0 Å². The Morgan fingerprint density at radius 3 is 2.46 bits per heavy atom. The summed E-state index contributed by atoms with van der Waals surface area (Å²) in [6.07, 6.45) is -7.48. The first-order valence-corrected chi connectivity index (χ1v) is 12.9. The van der Waals surface area contributed by atoms with Crippen LogP contribution in [0.4, 0.5) is 0 Å². The summed E-state index contributed by atoms with van der Waals surface area (Å²) >= 11 is 0. The summed E-state index contributed by atoms with van der Waals surface area (Å²) < 4.78 is 30.3. The number of esters is 2. The van der Waals surface area contributed by atoms with Crippen molar-refractivity contribution in [3.8, 4) is 0 Å². The normalized spacial score (nSPS) is 53.1. The van der Waals surface area contributed by atoms with E-state index >= 15 is 0 Å². The second-order valence-corrected chi connectivity index (χ2v) is 12.6. The second-order valence-electron chi connectivity index (χ2n) is 12.6. The molecule has 7 rings (SSSR count). The molecule has 37 heavy (non-hydrogen) atoms. The molecule has 200 valence electrons. The van der Waals surface area contributed by atoms with Gasteiger partial charge in [-0.25, -0.2) is 4.79 Å². The maximum atomic E-state index is 13.5. The summed E-state index contributed by atoms with van der Waals surface area (Å²) in [6.45, 7) is 7.65. The fourth-order valence-electron chi connectivity index (χ4n) is 9.27. The van der Waals surface area contributed by atoms with Crippen molar-refractivity contribution >= 4 is 11.9 Å². The van der Waals surface area contributed by atoms with Crippen LogP contribution in [0.3, 0.4) is 0 Å². The van der Waals surface area contributed by atoms with Gasteiger partial charge in [-0.05, 0) is 30.2 Å². The van der Waals surface area contributed by atoms with Gasteiger partial charge in [-0.3, -0.25) is 4.79 Å². The first-order valence-electron chi connectivity index (χ1n) is 12.9. The van der Waals surface area contributed by atoms with Gasteiger partial charge >= 0.3 is 11.9 Å². The molecule has 2 spiro atoms. The van der Waals surface area contributed by atoms with Crippen LogP contribution >= 0.6 is 0 Å². The molecule has 4 saturated heterocycles. The average molecular weight is 517 g/mol. The van der Waals surface area contributed by atoms with E-state index in [2.05, 4.69) is 0 Å². The third-order valence-electron chi connectivity index (χ3n) is 10.4. The molecular formula is C27H32O10. The Balaban J connectivity index is 1.47. The predicted octanol–water partition coefficient (Wildman–Crippen LogP) is 0.647. The fraction of sp³-hybridized carbons (Fsp3) is 0.704. The van der Waals surface area contributed by atoms with E-state index in [1.54, 1.807) is 0 Å². The molecular weight excluding hydrogens is 484 g/mol. The van der Waals surface area contributed by atoms with Gasteiger partial charge < -0.3 is 39.0 Å². The molecule has 3 N–H and O–H groups in total. The maximum Gasteiger partial charge on any atom is 0.338 e. The number of benzene rings is 1. The van der Waals surface area contributed by atoms with E-state index in [1.807, 2.05) is 51.1 Å². The minimum Gasteiger partial charge on any atom is -0.456 e. The molecule has 4 heterocycles. The van der Waals surface area contributed by atoms with Gasteiger partial charge in [0.1, 0.15) is 6.10 Å². The van der Waals surface area contributed by atoms with Crippen LogP contribution in [0.1, 0.15) is 39.7 Å². The molecule has 0 bridgehead atoms. The van der Waals surface area contributed by atoms with Crippen molar-refractivity contribution in [2.24, 2.45) is 28.1 Å². The van der Waals surface area contributed by atoms with Gasteiger partial charge in [0.25, 0.3) is 0 Å². The molecule has 1 aromatic rings. The van der Waals surface area contributed by atoms with E-state index in [-0.39, 0.29) is 12.5 Å². The quantitative estimate of drug-likeness (QED) is 0.490.